The molecule has 0 saturated carbocycles. The molecule has 0 aliphatic carbocycles. The molecule has 0 atom stereocenters. The standard InChI is InChI=1S/C7H10N4O2.C2H6/c1-4-3-5(12)10-6(9-4)11-7(13)8-2;1-2/h3H,1-2H3,(H3,8,9,10,11,12,13);1-2H3. The van der Waals surface area contributed by atoms with Crippen LogP contribution in [0.3, 0.4) is 0 Å². The van der Waals surface area contributed by atoms with Crippen LogP contribution in [0.25, 0.3) is 0 Å². The third-order valence-corrected chi connectivity index (χ3v) is 1.33. The van der Waals surface area contributed by atoms with Crippen molar-refractivity contribution in [1.29, 1.82) is 0 Å². The van der Waals surface area contributed by atoms with Gasteiger partial charge in [-0.15, -0.1) is 0 Å². The van der Waals surface area contributed by atoms with E-state index in [9.17, 15) is 9.59 Å². The summed E-state index contributed by atoms with van der Waals surface area (Å²) in [5.41, 5.74) is 0.258. The summed E-state index contributed by atoms with van der Waals surface area (Å²) in [6.07, 6.45) is 0. The normalized spacial score (nSPS) is 8.53. The number of anilines is 1. The van der Waals surface area contributed by atoms with E-state index in [0.717, 1.165) is 0 Å². The zero-order valence-corrected chi connectivity index (χ0v) is 9.34. The SMILES string of the molecule is CC.CNC(=O)Nc1nc(C)cc(=O)[nH]1. The Kier molecular flexibility index (Phi) is 5.77. The Balaban J connectivity index is 0.000000921. The van der Waals surface area contributed by atoms with Crippen molar-refractivity contribution < 1.29 is 4.79 Å². The van der Waals surface area contributed by atoms with Gasteiger partial charge in [-0.25, -0.2) is 9.78 Å². The molecular formula is C9H16N4O2. The lowest BCUT2D eigenvalue weighted by Gasteiger charge is -2.02. The van der Waals surface area contributed by atoms with Gasteiger partial charge in [-0.1, -0.05) is 13.8 Å². The minimum absolute atomic E-state index is 0.143. The second-order valence-corrected chi connectivity index (χ2v) is 2.44. The predicted octanol–water partition coefficient (Wildman–Crippen LogP) is 0.856. The highest BCUT2D eigenvalue weighted by Crippen LogP contribution is 1.94. The van der Waals surface area contributed by atoms with Gasteiger partial charge in [-0.2, -0.15) is 0 Å². The summed E-state index contributed by atoms with van der Waals surface area (Å²) < 4.78 is 0. The minimum atomic E-state index is -0.422. The molecule has 0 aliphatic heterocycles. The first-order valence-electron chi connectivity index (χ1n) is 4.68. The molecule has 84 valence electrons. The Bertz CT molecular complexity index is 373. The van der Waals surface area contributed by atoms with Crippen LogP contribution in [-0.4, -0.2) is 23.0 Å². The van der Waals surface area contributed by atoms with E-state index in [-0.39, 0.29) is 11.5 Å². The Morgan fingerprint density at radius 1 is 1.47 bits per heavy atom. The number of urea groups is 1. The molecule has 0 aliphatic rings. The van der Waals surface area contributed by atoms with Gasteiger partial charge in [0.05, 0.1) is 0 Å². The van der Waals surface area contributed by atoms with Crippen molar-refractivity contribution in [2.24, 2.45) is 0 Å². The van der Waals surface area contributed by atoms with Gasteiger partial charge < -0.3 is 5.32 Å². The van der Waals surface area contributed by atoms with Crippen LogP contribution in [0.1, 0.15) is 19.5 Å². The maximum atomic E-state index is 10.9. The summed E-state index contributed by atoms with van der Waals surface area (Å²) in [6, 6.07) is 0.920. The molecule has 6 nitrogen and oxygen atoms in total. The van der Waals surface area contributed by atoms with E-state index in [2.05, 4.69) is 20.6 Å². The van der Waals surface area contributed by atoms with E-state index in [1.165, 1.54) is 13.1 Å². The maximum absolute atomic E-state index is 10.9. The molecule has 2 amide bonds. The molecule has 0 radical (unpaired) electrons. The number of aryl methyl sites for hydroxylation is 1. The Hall–Kier alpha value is -1.85. The number of nitrogens with one attached hydrogen (secondary N) is 3. The van der Waals surface area contributed by atoms with Crippen molar-refractivity contribution in [1.82, 2.24) is 15.3 Å². The summed E-state index contributed by atoms with van der Waals surface area (Å²) in [6.45, 7) is 5.67. The third-order valence-electron chi connectivity index (χ3n) is 1.33. The summed E-state index contributed by atoms with van der Waals surface area (Å²) in [7, 11) is 1.48. The first-order chi connectivity index (χ1) is 7.11. The van der Waals surface area contributed by atoms with Crippen molar-refractivity contribution >= 4 is 12.0 Å². The molecule has 0 bridgehead atoms. The molecule has 3 N–H and O–H groups in total. The van der Waals surface area contributed by atoms with Crippen LogP contribution in [0.15, 0.2) is 10.9 Å². The number of amides is 2. The topological polar surface area (TPSA) is 86.9 Å². The maximum Gasteiger partial charge on any atom is 0.321 e. The Morgan fingerprint density at radius 3 is 2.53 bits per heavy atom. The largest absolute Gasteiger partial charge is 0.341 e. The first kappa shape index (κ1) is 13.2. The molecule has 1 heterocycles. The van der Waals surface area contributed by atoms with Gasteiger partial charge in [-0.05, 0) is 6.92 Å². The number of aromatic nitrogens is 2. The molecule has 0 aromatic carbocycles. The van der Waals surface area contributed by atoms with Crippen molar-refractivity contribution in [2.75, 3.05) is 12.4 Å². The summed E-state index contributed by atoms with van der Waals surface area (Å²) >= 11 is 0. The third kappa shape index (κ3) is 4.80. The highest BCUT2D eigenvalue weighted by Gasteiger charge is 2.00. The van der Waals surface area contributed by atoms with Crippen molar-refractivity contribution in [3.63, 3.8) is 0 Å². The van der Waals surface area contributed by atoms with Gasteiger partial charge in [0.15, 0.2) is 0 Å². The lowest BCUT2D eigenvalue weighted by molar-refractivity contribution is 0.254. The zero-order valence-electron chi connectivity index (χ0n) is 9.34. The predicted molar refractivity (Wildman–Crippen MR) is 59.0 cm³/mol. The molecular weight excluding hydrogens is 196 g/mol. The van der Waals surface area contributed by atoms with E-state index >= 15 is 0 Å². The molecule has 0 spiro atoms. The van der Waals surface area contributed by atoms with Crippen LogP contribution in [0.2, 0.25) is 0 Å². The Morgan fingerprint density at radius 2 is 2.07 bits per heavy atom. The first-order valence-corrected chi connectivity index (χ1v) is 4.68. The summed E-state index contributed by atoms with van der Waals surface area (Å²) in [5, 5.41) is 4.70. The number of carbonyl (C=O) groups is 1. The molecule has 0 fully saturated rings. The fourth-order valence-electron chi connectivity index (χ4n) is 0.808. The van der Waals surface area contributed by atoms with Crippen LogP contribution in [0.5, 0.6) is 0 Å². The quantitative estimate of drug-likeness (QED) is 0.645. The summed E-state index contributed by atoms with van der Waals surface area (Å²) in [5.74, 6) is 0.143. The molecule has 15 heavy (non-hydrogen) atoms. The lowest BCUT2D eigenvalue weighted by atomic mass is 10.4. The molecule has 6 heteroatoms. The number of H-pyrrole nitrogens is 1. The lowest BCUT2D eigenvalue weighted by Crippen LogP contribution is -2.27. The monoisotopic (exact) mass is 212 g/mol. The van der Waals surface area contributed by atoms with Gasteiger partial charge in [0.2, 0.25) is 5.95 Å². The molecule has 1 rings (SSSR count). The van der Waals surface area contributed by atoms with Gasteiger partial charge in [0.1, 0.15) is 0 Å². The van der Waals surface area contributed by atoms with E-state index in [4.69, 9.17) is 0 Å². The molecule has 1 aromatic rings. The average Bonchev–Trinajstić information content (AvgIpc) is 2.19. The highest BCUT2D eigenvalue weighted by atomic mass is 16.2. The van der Waals surface area contributed by atoms with Crippen LogP contribution in [0, 0.1) is 6.92 Å². The van der Waals surface area contributed by atoms with E-state index < -0.39 is 6.03 Å². The fraction of sp³-hybridized carbons (Fsp3) is 0.444. The van der Waals surface area contributed by atoms with Crippen molar-refractivity contribution in [2.45, 2.75) is 20.8 Å². The van der Waals surface area contributed by atoms with E-state index in [0.29, 0.717) is 5.69 Å². The molecule has 1 aromatic heterocycles. The van der Waals surface area contributed by atoms with Crippen LogP contribution < -0.4 is 16.2 Å². The van der Waals surface area contributed by atoms with Crippen LogP contribution in [-0.2, 0) is 0 Å². The molecule has 0 saturated heterocycles. The van der Waals surface area contributed by atoms with E-state index in [1.54, 1.807) is 6.92 Å². The number of rotatable bonds is 1. The van der Waals surface area contributed by atoms with Crippen molar-refractivity contribution in [3.8, 4) is 0 Å². The Labute approximate surface area is 88.1 Å². The number of hydrogen-bond donors (Lipinski definition) is 3. The van der Waals surface area contributed by atoms with Crippen molar-refractivity contribution in [3.05, 3.63) is 22.1 Å². The fourth-order valence-corrected chi connectivity index (χ4v) is 0.808. The second-order valence-electron chi connectivity index (χ2n) is 2.44. The molecule has 0 unspecified atom stereocenters. The van der Waals surface area contributed by atoms with Crippen LogP contribution in [0.4, 0.5) is 10.7 Å². The highest BCUT2D eigenvalue weighted by molar-refractivity contribution is 5.86. The van der Waals surface area contributed by atoms with Gasteiger partial charge in [0.25, 0.3) is 5.56 Å². The number of carbonyl (C=O) groups excluding carboxylic acids is 1. The second kappa shape index (κ2) is 6.58. The number of aromatic amines is 1. The number of nitrogens with zero attached hydrogens (tertiary/aromatic N) is 1. The minimum Gasteiger partial charge on any atom is -0.341 e. The number of hydrogen-bond acceptors (Lipinski definition) is 3. The van der Waals surface area contributed by atoms with Gasteiger partial charge >= 0.3 is 6.03 Å². The smallest absolute Gasteiger partial charge is 0.321 e. The van der Waals surface area contributed by atoms with Gasteiger partial charge in [-0.3, -0.25) is 15.1 Å². The van der Waals surface area contributed by atoms with Gasteiger partial charge in [0, 0.05) is 18.8 Å². The van der Waals surface area contributed by atoms with E-state index in [1.807, 2.05) is 13.8 Å². The average molecular weight is 212 g/mol. The van der Waals surface area contributed by atoms with Crippen LogP contribution >= 0.6 is 0 Å². The zero-order chi connectivity index (χ0) is 11.8. The summed E-state index contributed by atoms with van der Waals surface area (Å²) in [4.78, 5) is 28.0.